The van der Waals surface area contributed by atoms with Gasteiger partial charge in [0.2, 0.25) is 5.89 Å². The molecule has 2 aromatic rings. The van der Waals surface area contributed by atoms with Crippen molar-refractivity contribution in [1.82, 2.24) is 19.7 Å². The van der Waals surface area contributed by atoms with E-state index in [9.17, 15) is 4.79 Å². The third kappa shape index (κ3) is 3.23. The molecule has 0 aliphatic heterocycles. The maximum absolute atomic E-state index is 12.2. The quantitative estimate of drug-likeness (QED) is 0.862. The van der Waals surface area contributed by atoms with E-state index in [0.29, 0.717) is 30.5 Å². The number of aryl methyl sites for hydroxylation is 1. The van der Waals surface area contributed by atoms with Crippen molar-refractivity contribution >= 4 is 5.82 Å². The molecule has 0 aliphatic rings. The molecular formula is C13H19N5O2. The number of hydrogen-bond donors (Lipinski definition) is 1. The van der Waals surface area contributed by atoms with E-state index in [0.717, 1.165) is 6.42 Å². The molecule has 0 saturated carbocycles. The Kier molecular flexibility index (Phi) is 4.49. The van der Waals surface area contributed by atoms with Crippen molar-refractivity contribution in [3.63, 3.8) is 0 Å². The van der Waals surface area contributed by atoms with Gasteiger partial charge in [0.05, 0.1) is 0 Å². The summed E-state index contributed by atoms with van der Waals surface area (Å²) in [6.07, 6.45) is 4.79. The highest BCUT2D eigenvalue weighted by Gasteiger charge is 2.09. The third-order valence-corrected chi connectivity index (χ3v) is 3.13. The first-order valence-electron chi connectivity index (χ1n) is 6.72. The molecule has 7 nitrogen and oxygen atoms in total. The summed E-state index contributed by atoms with van der Waals surface area (Å²) in [4.78, 5) is 20.4. The van der Waals surface area contributed by atoms with Gasteiger partial charge < -0.3 is 14.4 Å². The molecule has 0 amide bonds. The summed E-state index contributed by atoms with van der Waals surface area (Å²) >= 11 is 0. The minimum absolute atomic E-state index is 0.108. The van der Waals surface area contributed by atoms with Crippen LogP contribution in [0.2, 0.25) is 0 Å². The molecule has 7 heteroatoms. The standard InChI is InChI=1S/C13H19N5O2/c1-4-9(2)18-8-7-15-12(13(18)19)14-6-5-11-16-10(3)17-20-11/h7-9H,4-6H2,1-3H3,(H,14,15). The third-order valence-electron chi connectivity index (χ3n) is 3.13. The molecule has 20 heavy (non-hydrogen) atoms. The lowest BCUT2D eigenvalue weighted by atomic mass is 10.2. The van der Waals surface area contributed by atoms with Crippen molar-refractivity contribution in [3.8, 4) is 0 Å². The van der Waals surface area contributed by atoms with Crippen LogP contribution in [0.4, 0.5) is 5.82 Å². The highest BCUT2D eigenvalue weighted by Crippen LogP contribution is 2.07. The van der Waals surface area contributed by atoms with E-state index < -0.39 is 0 Å². The number of nitrogens with one attached hydrogen (secondary N) is 1. The summed E-state index contributed by atoms with van der Waals surface area (Å²) in [6, 6.07) is 0.157. The molecule has 0 spiro atoms. The molecule has 0 aliphatic carbocycles. The Morgan fingerprint density at radius 3 is 2.95 bits per heavy atom. The van der Waals surface area contributed by atoms with Gasteiger partial charge in [0.15, 0.2) is 11.6 Å². The van der Waals surface area contributed by atoms with Crippen LogP contribution in [0.15, 0.2) is 21.7 Å². The van der Waals surface area contributed by atoms with Crippen molar-refractivity contribution in [3.05, 3.63) is 34.5 Å². The number of nitrogens with zero attached hydrogens (tertiary/aromatic N) is 4. The van der Waals surface area contributed by atoms with Gasteiger partial charge in [0, 0.05) is 31.4 Å². The molecule has 0 radical (unpaired) electrons. The zero-order chi connectivity index (χ0) is 14.5. The van der Waals surface area contributed by atoms with Crippen LogP contribution in [0.3, 0.4) is 0 Å². The minimum Gasteiger partial charge on any atom is -0.365 e. The fourth-order valence-electron chi connectivity index (χ4n) is 1.82. The summed E-state index contributed by atoms with van der Waals surface area (Å²) in [7, 11) is 0. The van der Waals surface area contributed by atoms with Crippen LogP contribution in [0, 0.1) is 6.92 Å². The molecule has 108 valence electrons. The zero-order valence-corrected chi connectivity index (χ0v) is 12.0. The molecule has 1 N–H and O–H groups in total. The van der Waals surface area contributed by atoms with Crippen molar-refractivity contribution < 1.29 is 4.52 Å². The van der Waals surface area contributed by atoms with Gasteiger partial charge in [0.1, 0.15) is 0 Å². The molecular weight excluding hydrogens is 258 g/mol. The molecule has 2 rings (SSSR count). The highest BCUT2D eigenvalue weighted by molar-refractivity contribution is 5.30. The van der Waals surface area contributed by atoms with Crippen LogP contribution in [0.25, 0.3) is 0 Å². The van der Waals surface area contributed by atoms with Crippen molar-refractivity contribution in [2.45, 2.75) is 39.7 Å². The molecule has 1 unspecified atom stereocenters. The fourth-order valence-corrected chi connectivity index (χ4v) is 1.82. The average Bonchev–Trinajstić information content (AvgIpc) is 2.85. The van der Waals surface area contributed by atoms with E-state index in [2.05, 4.69) is 20.4 Å². The minimum atomic E-state index is -0.108. The topological polar surface area (TPSA) is 85.8 Å². The Bertz CT molecular complexity index is 619. The van der Waals surface area contributed by atoms with Gasteiger partial charge in [-0.3, -0.25) is 4.79 Å². The lowest BCUT2D eigenvalue weighted by molar-refractivity contribution is 0.377. The molecule has 0 fully saturated rings. The SMILES string of the molecule is CCC(C)n1ccnc(NCCc2nc(C)no2)c1=O. The molecule has 0 aromatic carbocycles. The van der Waals surface area contributed by atoms with Crippen molar-refractivity contribution in [1.29, 1.82) is 0 Å². The van der Waals surface area contributed by atoms with Crippen LogP contribution in [-0.4, -0.2) is 26.2 Å². The second-order valence-electron chi connectivity index (χ2n) is 4.66. The average molecular weight is 277 g/mol. The molecule has 2 heterocycles. The van der Waals surface area contributed by atoms with Crippen molar-refractivity contribution in [2.75, 3.05) is 11.9 Å². The second kappa shape index (κ2) is 6.31. The molecule has 0 saturated heterocycles. The molecule has 1 atom stereocenters. The van der Waals surface area contributed by atoms with Crippen LogP contribution in [0.5, 0.6) is 0 Å². The van der Waals surface area contributed by atoms with Gasteiger partial charge in [-0.15, -0.1) is 0 Å². The Labute approximate surface area is 117 Å². The molecule has 0 bridgehead atoms. The maximum Gasteiger partial charge on any atom is 0.293 e. The smallest absolute Gasteiger partial charge is 0.293 e. The first kappa shape index (κ1) is 14.2. The number of hydrogen-bond acceptors (Lipinski definition) is 6. The first-order valence-corrected chi connectivity index (χ1v) is 6.72. The summed E-state index contributed by atoms with van der Waals surface area (Å²) < 4.78 is 6.69. The van der Waals surface area contributed by atoms with Crippen LogP contribution >= 0.6 is 0 Å². The number of anilines is 1. The molecule has 2 aromatic heterocycles. The van der Waals surface area contributed by atoms with Crippen molar-refractivity contribution in [2.24, 2.45) is 0 Å². The highest BCUT2D eigenvalue weighted by atomic mass is 16.5. The van der Waals surface area contributed by atoms with Crippen LogP contribution < -0.4 is 10.9 Å². The first-order chi connectivity index (χ1) is 9.61. The van der Waals surface area contributed by atoms with Crippen LogP contribution in [0.1, 0.15) is 38.0 Å². The van der Waals surface area contributed by atoms with E-state index >= 15 is 0 Å². The number of aromatic nitrogens is 4. The monoisotopic (exact) mass is 277 g/mol. The van der Waals surface area contributed by atoms with Crippen LogP contribution in [-0.2, 0) is 6.42 Å². The van der Waals surface area contributed by atoms with Gasteiger partial charge in [-0.05, 0) is 20.3 Å². The Morgan fingerprint density at radius 2 is 2.30 bits per heavy atom. The Balaban J connectivity index is 2.01. The largest absolute Gasteiger partial charge is 0.365 e. The van der Waals surface area contributed by atoms with E-state index in [4.69, 9.17) is 4.52 Å². The summed E-state index contributed by atoms with van der Waals surface area (Å²) in [5.74, 6) is 1.51. The summed E-state index contributed by atoms with van der Waals surface area (Å²) in [5.41, 5.74) is -0.108. The van der Waals surface area contributed by atoms with E-state index in [-0.39, 0.29) is 11.6 Å². The Morgan fingerprint density at radius 1 is 1.50 bits per heavy atom. The number of rotatable bonds is 6. The second-order valence-corrected chi connectivity index (χ2v) is 4.66. The predicted molar refractivity (Wildman–Crippen MR) is 74.7 cm³/mol. The lowest BCUT2D eigenvalue weighted by Gasteiger charge is -2.13. The predicted octanol–water partition coefficient (Wildman–Crippen LogP) is 1.56. The lowest BCUT2D eigenvalue weighted by Crippen LogP contribution is -2.27. The fraction of sp³-hybridized carbons (Fsp3) is 0.538. The maximum atomic E-state index is 12.2. The Hall–Kier alpha value is -2.18. The zero-order valence-electron chi connectivity index (χ0n) is 12.0. The normalized spacial score (nSPS) is 12.3. The van der Waals surface area contributed by atoms with E-state index in [1.807, 2.05) is 13.8 Å². The van der Waals surface area contributed by atoms with Gasteiger partial charge in [-0.2, -0.15) is 4.98 Å². The summed E-state index contributed by atoms with van der Waals surface area (Å²) in [6.45, 7) is 6.34. The van der Waals surface area contributed by atoms with Gasteiger partial charge in [-0.1, -0.05) is 12.1 Å². The van der Waals surface area contributed by atoms with Gasteiger partial charge in [0.25, 0.3) is 5.56 Å². The van der Waals surface area contributed by atoms with Gasteiger partial charge >= 0.3 is 0 Å². The van der Waals surface area contributed by atoms with E-state index in [1.54, 1.807) is 23.9 Å². The summed E-state index contributed by atoms with van der Waals surface area (Å²) in [5, 5.41) is 6.73. The van der Waals surface area contributed by atoms with E-state index in [1.165, 1.54) is 0 Å². The van der Waals surface area contributed by atoms with Gasteiger partial charge in [-0.25, -0.2) is 4.98 Å².